The van der Waals surface area contributed by atoms with Crippen LogP contribution >= 0.6 is 9.24 Å². The van der Waals surface area contributed by atoms with Gasteiger partial charge in [-0.25, -0.2) is 17.1 Å². The van der Waals surface area contributed by atoms with Crippen LogP contribution in [0, 0.1) is 5.82 Å². The average Bonchev–Trinajstić information content (AvgIpc) is 3.32. The lowest BCUT2D eigenvalue weighted by atomic mass is 9.96. The molecule has 10 nitrogen and oxygen atoms in total. The SMILES string of the molecule is COc1ccc(P)c(CNC(=O)c2cn(Cc3ccc(Cn4ccccc4=O)cc3)nc2C2CN(S(C)(=O)=O)C2)c1F. The maximum absolute atomic E-state index is 14.8. The molecule has 1 amide bonds. The van der Waals surface area contributed by atoms with Gasteiger partial charge in [0.15, 0.2) is 11.6 Å². The molecule has 1 saturated heterocycles. The maximum Gasteiger partial charge on any atom is 0.255 e. The summed E-state index contributed by atoms with van der Waals surface area (Å²) in [7, 11) is 0.476. The minimum Gasteiger partial charge on any atom is -0.494 e. The lowest BCUT2D eigenvalue weighted by Gasteiger charge is -2.36. The van der Waals surface area contributed by atoms with Crippen molar-refractivity contribution < 1.29 is 22.3 Å². The highest BCUT2D eigenvalue weighted by atomic mass is 32.2. The Labute approximate surface area is 245 Å². The smallest absolute Gasteiger partial charge is 0.255 e. The molecule has 1 aliphatic heterocycles. The number of sulfonamides is 1. The van der Waals surface area contributed by atoms with Gasteiger partial charge in [-0.3, -0.25) is 14.3 Å². The monoisotopic (exact) mass is 611 g/mol. The Morgan fingerprint density at radius 2 is 1.79 bits per heavy atom. The standard InChI is InChI=1S/C29H31FN5O5PS/c1-40-24-10-11-25(41)22(27(24)30)13-31-29(37)23-18-34(32-28(23)21-16-35(17-21)42(2,38)39)15-20-8-6-19(7-9-20)14-33-12-4-3-5-26(33)36/h3-12,18,21H,13-17,41H2,1-2H3,(H,31,37). The number of methoxy groups -OCH3 is 1. The molecule has 5 rings (SSSR count). The van der Waals surface area contributed by atoms with E-state index in [0.29, 0.717) is 29.7 Å². The molecule has 0 radical (unpaired) electrons. The number of aromatic nitrogens is 3. The van der Waals surface area contributed by atoms with Gasteiger partial charge in [-0.1, -0.05) is 36.4 Å². The number of halogens is 1. The van der Waals surface area contributed by atoms with Gasteiger partial charge in [0.25, 0.3) is 11.5 Å². The summed E-state index contributed by atoms with van der Waals surface area (Å²) in [6.45, 7) is 1.19. The Kier molecular flexibility index (Phi) is 8.58. The van der Waals surface area contributed by atoms with E-state index in [-0.39, 0.29) is 42.4 Å². The van der Waals surface area contributed by atoms with Crippen molar-refractivity contribution in [2.75, 3.05) is 26.5 Å². The first-order chi connectivity index (χ1) is 20.0. The van der Waals surface area contributed by atoms with Gasteiger partial charge in [0.1, 0.15) is 0 Å². The highest BCUT2D eigenvalue weighted by Gasteiger charge is 2.38. The normalized spacial score (nSPS) is 14.0. The van der Waals surface area contributed by atoms with Gasteiger partial charge in [0.2, 0.25) is 10.0 Å². The number of pyridine rings is 1. The highest BCUT2D eigenvalue weighted by Crippen LogP contribution is 2.30. The van der Waals surface area contributed by atoms with Gasteiger partial charge in [-0.05, 0) is 28.6 Å². The minimum atomic E-state index is -3.35. The molecule has 0 saturated carbocycles. The zero-order chi connectivity index (χ0) is 30.0. The predicted molar refractivity (Wildman–Crippen MR) is 160 cm³/mol. The fourth-order valence-corrected chi connectivity index (χ4v) is 6.04. The number of rotatable bonds is 10. The van der Waals surface area contributed by atoms with Crippen LogP contribution < -0.4 is 20.9 Å². The van der Waals surface area contributed by atoms with E-state index in [1.54, 1.807) is 33.8 Å². The molecule has 2 aromatic heterocycles. The summed E-state index contributed by atoms with van der Waals surface area (Å²) in [6.07, 6.45) is 4.52. The van der Waals surface area contributed by atoms with Crippen molar-refractivity contribution in [3.05, 3.63) is 111 Å². The summed E-state index contributed by atoms with van der Waals surface area (Å²) in [6, 6.07) is 16.0. The number of ether oxygens (including phenoxy) is 1. The Morgan fingerprint density at radius 3 is 2.43 bits per heavy atom. The van der Waals surface area contributed by atoms with Gasteiger partial charge < -0.3 is 14.6 Å². The van der Waals surface area contributed by atoms with Crippen LogP contribution in [0.1, 0.15) is 38.7 Å². The fourth-order valence-electron chi connectivity index (χ4n) is 4.82. The molecule has 0 bridgehead atoms. The molecule has 1 atom stereocenters. The number of carbonyl (C=O) groups excluding carboxylic acids is 1. The van der Waals surface area contributed by atoms with Gasteiger partial charge >= 0.3 is 0 Å². The lowest BCUT2D eigenvalue weighted by Crippen LogP contribution is -2.48. The number of hydrogen-bond donors (Lipinski definition) is 1. The van der Waals surface area contributed by atoms with E-state index in [9.17, 15) is 22.4 Å². The number of benzene rings is 2. The molecule has 1 unspecified atom stereocenters. The molecular formula is C29H31FN5O5PS. The van der Waals surface area contributed by atoms with Gasteiger partial charge in [0.05, 0.1) is 37.7 Å². The second kappa shape index (κ2) is 12.2. The van der Waals surface area contributed by atoms with Crippen LogP contribution in [0.25, 0.3) is 0 Å². The van der Waals surface area contributed by atoms with E-state index in [2.05, 4.69) is 19.7 Å². The molecule has 13 heteroatoms. The van der Waals surface area contributed by atoms with Crippen molar-refractivity contribution >= 4 is 30.5 Å². The van der Waals surface area contributed by atoms with Crippen LogP contribution in [0.3, 0.4) is 0 Å². The predicted octanol–water partition coefficient (Wildman–Crippen LogP) is 2.08. The molecule has 220 valence electrons. The Morgan fingerprint density at radius 1 is 1.10 bits per heavy atom. The van der Waals surface area contributed by atoms with Crippen LogP contribution in [0.5, 0.6) is 5.75 Å². The second-order valence-corrected chi connectivity index (χ2v) is 12.8. The van der Waals surface area contributed by atoms with Crippen LogP contribution in [-0.2, 0) is 29.7 Å². The van der Waals surface area contributed by atoms with E-state index in [1.807, 2.05) is 30.3 Å². The molecule has 3 heterocycles. The zero-order valence-corrected chi connectivity index (χ0v) is 25.1. The third-order valence-electron chi connectivity index (χ3n) is 7.25. The van der Waals surface area contributed by atoms with E-state index in [0.717, 1.165) is 17.4 Å². The van der Waals surface area contributed by atoms with Gasteiger partial charge in [0, 0.05) is 49.6 Å². The number of nitrogens with one attached hydrogen (secondary N) is 1. The van der Waals surface area contributed by atoms with Gasteiger partial charge in [-0.2, -0.15) is 5.10 Å². The third-order valence-corrected chi connectivity index (χ3v) is 9.02. The van der Waals surface area contributed by atoms with Crippen LogP contribution in [0.2, 0.25) is 0 Å². The average molecular weight is 612 g/mol. The molecule has 0 aliphatic carbocycles. The Balaban J connectivity index is 1.35. The molecule has 1 fully saturated rings. The van der Waals surface area contributed by atoms with Crippen molar-refractivity contribution in [3.8, 4) is 5.75 Å². The zero-order valence-electron chi connectivity index (χ0n) is 23.2. The number of hydrogen-bond acceptors (Lipinski definition) is 6. The summed E-state index contributed by atoms with van der Waals surface area (Å²) in [5.74, 6) is -1.16. The fraction of sp³-hybridized carbons (Fsp3) is 0.276. The van der Waals surface area contributed by atoms with Crippen LogP contribution in [0.15, 0.2) is 71.8 Å². The quantitative estimate of drug-likeness (QED) is 0.275. The van der Waals surface area contributed by atoms with E-state index in [1.165, 1.54) is 23.5 Å². The van der Waals surface area contributed by atoms with E-state index < -0.39 is 21.7 Å². The number of carbonyl (C=O) groups is 1. The maximum atomic E-state index is 14.8. The minimum absolute atomic E-state index is 0.0720. The summed E-state index contributed by atoms with van der Waals surface area (Å²) >= 11 is 0. The van der Waals surface area contributed by atoms with Crippen molar-refractivity contribution in [2.24, 2.45) is 0 Å². The van der Waals surface area contributed by atoms with Crippen molar-refractivity contribution in [2.45, 2.75) is 25.6 Å². The molecule has 42 heavy (non-hydrogen) atoms. The molecule has 0 spiro atoms. The first-order valence-electron chi connectivity index (χ1n) is 13.2. The lowest BCUT2D eigenvalue weighted by molar-refractivity contribution is 0.0948. The second-order valence-electron chi connectivity index (χ2n) is 10.2. The molecular weight excluding hydrogens is 580 g/mol. The molecule has 2 aromatic carbocycles. The van der Waals surface area contributed by atoms with E-state index in [4.69, 9.17) is 4.74 Å². The van der Waals surface area contributed by atoms with Crippen molar-refractivity contribution in [3.63, 3.8) is 0 Å². The molecule has 1 aliphatic rings. The summed E-state index contributed by atoms with van der Waals surface area (Å²) < 4.78 is 48.4. The summed E-state index contributed by atoms with van der Waals surface area (Å²) in [4.78, 5) is 25.4. The highest BCUT2D eigenvalue weighted by molar-refractivity contribution is 7.88. The molecule has 1 N–H and O–H groups in total. The first kappa shape index (κ1) is 29.6. The Hall–Kier alpha value is -3.86. The van der Waals surface area contributed by atoms with E-state index >= 15 is 0 Å². The van der Waals surface area contributed by atoms with Crippen LogP contribution in [0.4, 0.5) is 4.39 Å². The summed E-state index contributed by atoms with van der Waals surface area (Å²) in [5, 5.41) is 8.05. The van der Waals surface area contributed by atoms with Gasteiger partial charge in [-0.15, -0.1) is 9.24 Å². The topological polar surface area (TPSA) is 116 Å². The summed E-state index contributed by atoms with van der Waals surface area (Å²) in [5.41, 5.74) is 2.89. The largest absolute Gasteiger partial charge is 0.494 e. The Bertz CT molecular complexity index is 1780. The van der Waals surface area contributed by atoms with Crippen molar-refractivity contribution in [1.29, 1.82) is 0 Å². The van der Waals surface area contributed by atoms with Crippen molar-refractivity contribution in [1.82, 2.24) is 24.0 Å². The number of amides is 1. The third kappa shape index (κ3) is 6.46. The molecule has 4 aromatic rings. The first-order valence-corrected chi connectivity index (χ1v) is 15.6. The van der Waals surface area contributed by atoms with Crippen LogP contribution in [-0.4, -0.2) is 59.4 Å². The number of nitrogens with zero attached hydrogens (tertiary/aromatic N) is 4.